The fourth-order valence-electron chi connectivity index (χ4n) is 2.02. The molecule has 0 aliphatic heterocycles. The SMILES string of the molecule is C#CC(CC)(CC)NC(=O)CN(C)CC(=O)NC1CC1. The van der Waals surface area contributed by atoms with Gasteiger partial charge in [-0.3, -0.25) is 14.5 Å². The van der Waals surface area contributed by atoms with Crippen LogP contribution in [-0.4, -0.2) is 48.4 Å². The number of likely N-dealkylation sites (N-methyl/N-ethyl adjacent to an activating group) is 1. The molecule has 1 rings (SSSR count). The van der Waals surface area contributed by atoms with Gasteiger partial charge in [0.25, 0.3) is 0 Å². The maximum Gasteiger partial charge on any atom is 0.235 e. The van der Waals surface area contributed by atoms with Crippen LogP contribution in [0.25, 0.3) is 0 Å². The van der Waals surface area contributed by atoms with Gasteiger partial charge in [0.05, 0.1) is 13.1 Å². The van der Waals surface area contributed by atoms with Crippen molar-refractivity contribution in [2.24, 2.45) is 0 Å². The lowest BCUT2D eigenvalue weighted by atomic mass is 9.94. The zero-order valence-electron chi connectivity index (χ0n) is 12.7. The molecule has 0 atom stereocenters. The summed E-state index contributed by atoms with van der Waals surface area (Å²) in [5.41, 5.74) is -0.575. The molecule has 0 saturated heterocycles. The first kappa shape index (κ1) is 16.5. The first-order valence-corrected chi connectivity index (χ1v) is 7.21. The lowest BCUT2D eigenvalue weighted by Gasteiger charge is -2.28. The maximum absolute atomic E-state index is 12.0. The number of amides is 2. The molecule has 1 saturated carbocycles. The quantitative estimate of drug-likeness (QED) is 0.636. The third kappa shape index (κ3) is 5.22. The van der Waals surface area contributed by atoms with Gasteiger partial charge in [0, 0.05) is 6.04 Å². The van der Waals surface area contributed by atoms with Crippen molar-refractivity contribution in [1.29, 1.82) is 0 Å². The fraction of sp³-hybridized carbons (Fsp3) is 0.733. The molecule has 0 radical (unpaired) electrons. The molecule has 1 fully saturated rings. The van der Waals surface area contributed by atoms with Crippen LogP contribution in [0.2, 0.25) is 0 Å². The minimum Gasteiger partial charge on any atom is -0.352 e. The van der Waals surface area contributed by atoms with Crippen LogP contribution in [0.5, 0.6) is 0 Å². The maximum atomic E-state index is 12.0. The average Bonchev–Trinajstić information content (AvgIpc) is 3.19. The highest BCUT2D eigenvalue weighted by atomic mass is 16.2. The third-order valence-corrected chi connectivity index (χ3v) is 3.63. The normalized spacial score (nSPS) is 14.8. The van der Waals surface area contributed by atoms with Crippen molar-refractivity contribution >= 4 is 11.8 Å². The number of carbonyl (C=O) groups excluding carboxylic acids is 2. The van der Waals surface area contributed by atoms with Gasteiger partial charge in [-0.15, -0.1) is 6.42 Å². The summed E-state index contributed by atoms with van der Waals surface area (Å²) in [5, 5.41) is 5.78. The summed E-state index contributed by atoms with van der Waals surface area (Å²) in [4.78, 5) is 25.3. The number of rotatable bonds is 8. The van der Waals surface area contributed by atoms with Gasteiger partial charge in [0.2, 0.25) is 11.8 Å². The van der Waals surface area contributed by atoms with E-state index in [2.05, 4.69) is 16.6 Å². The van der Waals surface area contributed by atoms with E-state index in [0.717, 1.165) is 12.8 Å². The molecule has 2 N–H and O–H groups in total. The lowest BCUT2D eigenvalue weighted by Crippen LogP contribution is -2.50. The smallest absolute Gasteiger partial charge is 0.235 e. The Kier molecular flexibility index (Phi) is 6.03. The van der Waals surface area contributed by atoms with Crippen molar-refractivity contribution in [3.8, 4) is 12.3 Å². The van der Waals surface area contributed by atoms with Crippen molar-refractivity contribution in [2.45, 2.75) is 51.1 Å². The second-order valence-electron chi connectivity index (χ2n) is 5.50. The Bertz CT molecular complexity index is 392. The average molecular weight is 279 g/mol. The van der Waals surface area contributed by atoms with Crippen LogP contribution in [-0.2, 0) is 9.59 Å². The molecule has 0 aromatic rings. The summed E-state index contributed by atoms with van der Waals surface area (Å²) in [6, 6.07) is 0.346. The summed E-state index contributed by atoms with van der Waals surface area (Å²) in [7, 11) is 1.75. The van der Waals surface area contributed by atoms with Gasteiger partial charge in [0.1, 0.15) is 5.54 Å². The van der Waals surface area contributed by atoms with Crippen molar-refractivity contribution in [3.05, 3.63) is 0 Å². The molecule has 0 spiro atoms. The number of hydrogen-bond acceptors (Lipinski definition) is 3. The molecule has 20 heavy (non-hydrogen) atoms. The molecular formula is C15H25N3O2. The predicted molar refractivity (Wildman–Crippen MR) is 79.0 cm³/mol. The van der Waals surface area contributed by atoms with E-state index in [1.54, 1.807) is 11.9 Å². The van der Waals surface area contributed by atoms with Crippen LogP contribution >= 0.6 is 0 Å². The summed E-state index contributed by atoms with van der Waals surface area (Å²) in [5.74, 6) is 2.49. The molecule has 0 aromatic heterocycles. The molecule has 0 unspecified atom stereocenters. The van der Waals surface area contributed by atoms with Crippen LogP contribution in [0.4, 0.5) is 0 Å². The Morgan fingerprint density at radius 3 is 2.25 bits per heavy atom. The van der Waals surface area contributed by atoms with Gasteiger partial charge in [-0.25, -0.2) is 0 Å². The van der Waals surface area contributed by atoms with Crippen molar-refractivity contribution in [3.63, 3.8) is 0 Å². The lowest BCUT2D eigenvalue weighted by molar-refractivity contribution is -0.125. The van der Waals surface area contributed by atoms with Gasteiger partial charge in [-0.2, -0.15) is 0 Å². The first-order valence-electron chi connectivity index (χ1n) is 7.21. The topological polar surface area (TPSA) is 61.4 Å². The van der Waals surface area contributed by atoms with Crippen LogP contribution in [0.15, 0.2) is 0 Å². The Labute approximate surface area is 121 Å². The van der Waals surface area contributed by atoms with E-state index in [-0.39, 0.29) is 24.9 Å². The molecule has 1 aliphatic rings. The second-order valence-corrected chi connectivity index (χ2v) is 5.50. The van der Waals surface area contributed by atoms with E-state index in [0.29, 0.717) is 18.9 Å². The van der Waals surface area contributed by atoms with Crippen molar-refractivity contribution in [2.75, 3.05) is 20.1 Å². The largest absolute Gasteiger partial charge is 0.352 e. The highest BCUT2D eigenvalue weighted by Crippen LogP contribution is 2.18. The minimum absolute atomic E-state index is 0.0306. The molecule has 0 aromatic carbocycles. The van der Waals surface area contributed by atoms with Crippen LogP contribution in [0, 0.1) is 12.3 Å². The molecule has 1 aliphatic carbocycles. The summed E-state index contributed by atoms with van der Waals surface area (Å²) in [6.07, 6.45) is 9.02. The highest BCUT2D eigenvalue weighted by molar-refractivity contribution is 5.82. The van der Waals surface area contributed by atoms with E-state index in [1.165, 1.54) is 0 Å². The molecule has 0 bridgehead atoms. The van der Waals surface area contributed by atoms with Crippen molar-refractivity contribution < 1.29 is 9.59 Å². The van der Waals surface area contributed by atoms with Gasteiger partial charge in [0.15, 0.2) is 0 Å². The van der Waals surface area contributed by atoms with Gasteiger partial charge >= 0.3 is 0 Å². The first-order chi connectivity index (χ1) is 9.44. The minimum atomic E-state index is -0.575. The Morgan fingerprint density at radius 1 is 1.25 bits per heavy atom. The van der Waals surface area contributed by atoms with Crippen LogP contribution < -0.4 is 10.6 Å². The van der Waals surface area contributed by atoms with Crippen LogP contribution in [0.1, 0.15) is 39.5 Å². The Hall–Kier alpha value is -1.54. The Balaban J connectivity index is 2.36. The van der Waals surface area contributed by atoms with Crippen LogP contribution in [0.3, 0.4) is 0 Å². The van der Waals surface area contributed by atoms with E-state index in [9.17, 15) is 9.59 Å². The number of terminal acetylenes is 1. The molecular weight excluding hydrogens is 254 g/mol. The summed E-state index contributed by atoms with van der Waals surface area (Å²) >= 11 is 0. The number of hydrogen-bond donors (Lipinski definition) is 2. The zero-order chi connectivity index (χ0) is 15.2. The number of nitrogens with one attached hydrogen (secondary N) is 2. The molecule has 2 amide bonds. The van der Waals surface area contributed by atoms with E-state index >= 15 is 0 Å². The molecule has 5 nitrogen and oxygen atoms in total. The third-order valence-electron chi connectivity index (χ3n) is 3.63. The second kappa shape index (κ2) is 7.30. The monoisotopic (exact) mass is 279 g/mol. The van der Waals surface area contributed by atoms with Gasteiger partial charge < -0.3 is 10.6 Å². The number of carbonyl (C=O) groups is 2. The molecule has 0 heterocycles. The summed E-state index contributed by atoms with van der Waals surface area (Å²) < 4.78 is 0. The van der Waals surface area contributed by atoms with E-state index in [4.69, 9.17) is 6.42 Å². The number of nitrogens with zero attached hydrogens (tertiary/aromatic N) is 1. The van der Waals surface area contributed by atoms with Gasteiger partial charge in [-0.05, 0) is 32.7 Å². The van der Waals surface area contributed by atoms with Crippen molar-refractivity contribution in [1.82, 2.24) is 15.5 Å². The molecule has 112 valence electrons. The van der Waals surface area contributed by atoms with Gasteiger partial charge in [-0.1, -0.05) is 19.8 Å². The fourth-order valence-corrected chi connectivity index (χ4v) is 2.02. The highest BCUT2D eigenvalue weighted by Gasteiger charge is 2.26. The zero-order valence-corrected chi connectivity index (χ0v) is 12.7. The standard InChI is InChI=1S/C15H25N3O2/c1-5-15(6-2,7-3)17-14(20)11-18(4)10-13(19)16-12-8-9-12/h1,12H,6-11H2,2-4H3,(H,16,19)(H,17,20). The molecule has 5 heteroatoms. The Morgan fingerprint density at radius 2 is 1.80 bits per heavy atom. The van der Waals surface area contributed by atoms with E-state index in [1.807, 2.05) is 13.8 Å². The summed E-state index contributed by atoms with van der Waals surface area (Å²) in [6.45, 7) is 4.31. The predicted octanol–water partition coefficient (Wildman–Crippen LogP) is 0.505. The van der Waals surface area contributed by atoms with E-state index < -0.39 is 5.54 Å².